The van der Waals surface area contributed by atoms with Gasteiger partial charge in [-0.2, -0.15) is 0 Å². The molecule has 0 spiro atoms. The van der Waals surface area contributed by atoms with Crippen LogP contribution in [0.3, 0.4) is 0 Å². The highest BCUT2D eigenvalue weighted by Crippen LogP contribution is 2.38. The van der Waals surface area contributed by atoms with Gasteiger partial charge in [0.25, 0.3) is 5.91 Å². The average Bonchev–Trinajstić information content (AvgIpc) is 2.80. The van der Waals surface area contributed by atoms with E-state index in [9.17, 15) is 9.59 Å². The molecule has 0 saturated carbocycles. The van der Waals surface area contributed by atoms with E-state index in [1.165, 1.54) is 0 Å². The fourth-order valence-corrected chi connectivity index (χ4v) is 3.25. The van der Waals surface area contributed by atoms with Crippen molar-refractivity contribution in [2.45, 2.75) is 47.1 Å². The van der Waals surface area contributed by atoms with E-state index in [-0.39, 0.29) is 22.9 Å². The lowest BCUT2D eigenvalue weighted by molar-refractivity contribution is 0.0888. The van der Waals surface area contributed by atoms with Crippen molar-refractivity contribution in [1.29, 1.82) is 0 Å². The second-order valence-electron chi connectivity index (χ2n) is 7.25. The number of fused-ring (bicyclic) bond motifs is 1. The number of carbonyl (C=O) groups is 2. The van der Waals surface area contributed by atoms with Gasteiger partial charge in [-0.05, 0) is 31.4 Å². The zero-order valence-electron chi connectivity index (χ0n) is 14.5. The highest BCUT2D eigenvalue weighted by Gasteiger charge is 2.36. The van der Waals surface area contributed by atoms with Crippen molar-refractivity contribution in [3.63, 3.8) is 0 Å². The normalized spacial score (nSPS) is 15.9. The van der Waals surface area contributed by atoms with Gasteiger partial charge in [-0.25, -0.2) is 0 Å². The Morgan fingerprint density at radius 2 is 2.04 bits per heavy atom. The van der Waals surface area contributed by atoms with Crippen molar-refractivity contribution < 1.29 is 14.0 Å². The number of hydrogen-bond donors (Lipinski definition) is 1. The molecule has 0 atom stereocenters. The second kappa shape index (κ2) is 5.89. The van der Waals surface area contributed by atoms with Crippen molar-refractivity contribution in [1.82, 2.24) is 10.3 Å². The lowest BCUT2D eigenvalue weighted by atomic mass is 9.76. The fraction of sp³-hybridized carbons (Fsp3) is 0.421. The molecule has 1 N–H and O–H groups in total. The van der Waals surface area contributed by atoms with E-state index in [0.717, 1.165) is 11.4 Å². The van der Waals surface area contributed by atoms with Crippen LogP contribution in [0.2, 0.25) is 0 Å². The number of pyridine rings is 1. The summed E-state index contributed by atoms with van der Waals surface area (Å²) in [7, 11) is 0. The first-order valence-electron chi connectivity index (χ1n) is 8.13. The van der Waals surface area contributed by atoms with E-state index in [4.69, 9.17) is 4.42 Å². The Balaban J connectivity index is 1.80. The Hall–Kier alpha value is -2.43. The predicted molar refractivity (Wildman–Crippen MR) is 90.0 cm³/mol. The van der Waals surface area contributed by atoms with Crippen LogP contribution in [-0.4, -0.2) is 16.7 Å². The van der Waals surface area contributed by atoms with Crippen LogP contribution in [0.25, 0.3) is 0 Å². The lowest BCUT2D eigenvalue weighted by Crippen LogP contribution is -2.26. The molecule has 0 bridgehead atoms. The molecule has 1 aliphatic rings. The first-order chi connectivity index (χ1) is 11.3. The third kappa shape index (κ3) is 3.11. The molecule has 2 heterocycles. The van der Waals surface area contributed by atoms with Gasteiger partial charge in [0.1, 0.15) is 5.76 Å². The summed E-state index contributed by atoms with van der Waals surface area (Å²) in [5.74, 6) is 0.615. The number of furan rings is 1. The molecule has 1 aliphatic carbocycles. The Kier molecular flexibility index (Phi) is 4.03. The average molecular weight is 326 g/mol. The minimum absolute atomic E-state index is 0.0573. The van der Waals surface area contributed by atoms with Gasteiger partial charge in [-0.1, -0.05) is 19.9 Å². The third-order valence-electron chi connectivity index (χ3n) is 4.36. The summed E-state index contributed by atoms with van der Waals surface area (Å²) in [6.45, 7) is 8.08. The van der Waals surface area contributed by atoms with E-state index < -0.39 is 0 Å². The second-order valence-corrected chi connectivity index (χ2v) is 7.25. The molecule has 0 aromatic carbocycles. The Labute approximate surface area is 141 Å². The van der Waals surface area contributed by atoms with Crippen LogP contribution >= 0.6 is 0 Å². The predicted octanol–water partition coefficient (Wildman–Crippen LogP) is 3.38. The van der Waals surface area contributed by atoms with Crippen LogP contribution in [-0.2, 0) is 13.0 Å². The summed E-state index contributed by atoms with van der Waals surface area (Å²) in [4.78, 5) is 29.2. The molecule has 2 aromatic heterocycles. The summed E-state index contributed by atoms with van der Waals surface area (Å²) in [5, 5.41) is 2.82. The number of carbonyl (C=O) groups excluding carboxylic acids is 2. The zero-order valence-corrected chi connectivity index (χ0v) is 14.5. The quantitative estimate of drug-likeness (QED) is 0.938. The van der Waals surface area contributed by atoms with Crippen LogP contribution in [0, 0.1) is 19.3 Å². The Morgan fingerprint density at radius 1 is 1.29 bits per heavy atom. The summed E-state index contributed by atoms with van der Waals surface area (Å²) in [6.07, 6.45) is 1.15. The van der Waals surface area contributed by atoms with E-state index in [0.29, 0.717) is 36.3 Å². The molecule has 5 nitrogen and oxygen atoms in total. The van der Waals surface area contributed by atoms with Crippen LogP contribution in [0.5, 0.6) is 0 Å². The van der Waals surface area contributed by atoms with Gasteiger partial charge in [0, 0.05) is 24.1 Å². The number of nitrogens with one attached hydrogen (secondary N) is 1. The van der Waals surface area contributed by atoms with Crippen LogP contribution in [0.4, 0.5) is 0 Å². The molecule has 0 radical (unpaired) electrons. The molecular weight excluding hydrogens is 304 g/mol. The minimum atomic E-state index is -0.309. The van der Waals surface area contributed by atoms with Crippen molar-refractivity contribution in [2.75, 3.05) is 0 Å². The van der Waals surface area contributed by atoms with Crippen LogP contribution < -0.4 is 5.32 Å². The maximum Gasteiger partial charge on any atom is 0.287 e. The molecule has 5 heteroatoms. The van der Waals surface area contributed by atoms with Gasteiger partial charge >= 0.3 is 0 Å². The summed E-state index contributed by atoms with van der Waals surface area (Å²) >= 11 is 0. The highest BCUT2D eigenvalue weighted by atomic mass is 16.4. The topological polar surface area (TPSA) is 72.2 Å². The number of rotatable bonds is 3. The number of nitrogens with zero attached hydrogens (tertiary/aromatic N) is 1. The van der Waals surface area contributed by atoms with Gasteiger partial charge in [0.2, 0.25) is 0 Å². The number of Topliss-reactive ketones (excluding diaryl/α,β-unsaturated/α-hetero) is 1. The number of aryl methyl sites for hydroxylation is 1. The summed E-state index contributed by atoms with van der Waals surface area (Å²) in [5.41, 5.74) is 2.79. The first kappa shape index (κ1) is 16.4. The third-order valence-corrected chi connectivity index (χ3v) is 4.36. The smallest absolute Gasteiger partial charge is 0.287 e. The van der Waals surface area contributed by atoms with Gasteiger partial charge in [0.05, 0.1) is 17.8 Å². The molecule has 3 rings (SSSR count). The number of amides is 1. The first-order valence-corrected chi connectivity index (χ1v) is 8.13. The fourth-order valence-electron chi connectivity index (χ4n) is 3.25. The molecule has 0 aliphatic heterocycles. The van der Waals surface area contributed by atoms with Crippen molar-refractivity contribution in [2.24, 2.45) is 5.41 Å². The van der Waals surface area contributed by atoms with E-state index in [2.05, 4.69) is 10.3 Å². The molecule has 126 valence electrons. The largest absolute Gasteiger partial charge is 0.455 e. The van der Waals surface area contributed by atoms with E-state index in [1.54, 1.807) is 6.92 Å². The molecule has 1 amide bonds. The van der Waals surface area contributed by atoms with Crippen LogP contribution in [0.15, 0.2) is 22.6 Å². The van der Waals surface area contributed by atoms with Crippen LogP contribution in [0.1, 0.15) is 63.9 Å². The molecular formula is C19H22N2O3. The molecule has 0 unspecified atom stereocenters. The number of aromatic nitrogens is 1. The van der Waals surface area contributed by atoms with Crippen molar-refractivity contribution >= 4 is 11.7 Å². The SMILES string of the molecule is Cc1cccc(CNC(=O)c2oc3c(c2C)C(=O)CC(C)(C)C3)n1. The van der Waals surface area contributed by atoms with E-state index in [1.807, 2.05) is 39.0 Å². The monoisotopic (exact) mass is 326 g/mol. The molecule has 24 heavy (non-hydrogen) atoms. The number of ketones is 1. The Bertz CT molecular complexity index is 818. The lowest BCUT2D eigenvalue weighted by Gasteiger charge is -2.27. The van der Waals surface area contributed by atoms with Crippen molar-refractivity contribution in [3.8, 4) is 0 Å². The van der Waals surface area contributed by atoms with Gasteiger partial charge < -0.3 is 9.73 Å². The molecule has 0 fully saturated rings. The summed E-state index contributed by atoms with van der Waals surface area (Å²) in [6, 6.07) is 5.67. The van der Waals surface area contributed by atoms with E-state index >= 15 is 0 Å². The zero-order chi connectivity index (χ0) is 17.5. The molecule has 2 aromatic rings. The molecule has 0 saturated heterocycles. The maximum atomic E-state index is 12.5. The van der Waals surface area contributed by atoms with Crippen molar-refractivity contribution in [3.05, 3.63) is 52.2 Å². The Morgan fingerprint density at radius 3 is 2.75 bits per heavy atom. The highest BCUT2D eigenvalue weighted by molar-refractivity contribution is 6.03. The van der Waals surface area contributed by atoms with Gasteiger partial charge in [0.15, 0.2) is 11.5 Å². The maximum absolute atomic E-state index is 12.5. The van der Waals surface area contributed by atoms with Gasteiger partial charge in [-0.3, -0.25) is 14.6 Å². The summed E-state index contributed by atoms with van der Waals surface area (Å²) < 4.78 is 5.76. The standard InChI is InChI=1S/C19H22N2O3/c1-11-6-5-7-13(21-11)10-20-18(23)17-12(2)16-14(22)8-19(3,4)9-15(16)24-17/h5-7H,8-10H2,1-4H3,(H,20,23). The van der Waals surface area contributed by atoms with Gasteiger partial charge in [-0.15, -0.1) is 0 Å². The minimum Gasteiger partial charge on any atom is -0.455 e. The number of hydrogen-bond acceptors (Lipinski definition) is 4.